The zero-order valence-electron chi connectivity index (χ0n) is 18.9. The van der Waals surface area contributed by atoms with Gasteiger partial charge < -0.3 is 10.2 Å². The van der Waals surface area contributed by atoms with Crippen LogP contribution in [0.2, 0.25) is 0 Å². The molecule has 1 aromatic rings. The third-order valence-electron chi connectivity index (χ3n) is 8.14. The van der Waals surface area contributed by atoms with Crippen LogP contribution in [0.15, 0.2) is 12.4 Å². The quantitative estimate of drug-likeness (QED) is 0.755. The van der Waals surface area contributed by atoms with E-state index in [4.69, 9.17) is 0 Å². The van der Waals surface area contributed by atoms with Gasteiger partial charge in [-0.05, 0) is 44.4 Å². The summed E-state index contributed by atoms with van der Waals surface area (Å²) in [6.45, 7) is 4.84. The molecule has 5 rings (SSSR count). The Labute approximate surface area is 185 Å². The molecule has 1 aromatic heterocycles. The predicted octanol–water partition coefficient (Wildman–Crippen LogP) is 2.18. The van der Waals surface area contributed by atoms with Gasteiger partial charge in [0, 0.05) is 69.9 Å². The van der Waals surface area contributed by atoms with Gasteiger partial charge in [0.1, 0.15) is 0 Å². The Hall–Kier alpha value is -1.89. The second-order valence-electron chi connectivity index (χ2n) is 10.6. The van der Waals surface area contributed by atoms with Gasteiger partial charge in [0.2, 0.25) is 11.8 Å². The molecule has 0 bridgehead atoms. The highest BCUT2D eigenvalue weighted by atomic mass is 16.2. The largest absolute Gasteiger partial charge is 0.355 e. The lowest BCUT2D eigenvalue weighted by atomic mass is 9.74. The Morgan fingerprint density at radius 1 is 1.16 bits per heavy atom. The average Bonchev–Trinajstić information content (AvgIpc) is 3.13. The smallest absolute Gasteiger partial charge is 0.227 e. The van der Waals surface area contributed by atoms with Crippen LogP contribution < -0.4 is 5.32 Å². The van der Waals surface area contributed by atoms with Crippen LogP contribution >= 0.6 is 0 Å². The second kappa shape index (κ2) is 8.57. The van der Waals surface area contributed by atoms with Crippen LogP contribution in [-0.2, 0) is 23.2 Å². The van der Waals surface area contributed by atoms with Gasteiger partial charge in [-0.2, -0.15) is 5.10 Å². The van der Waals surface area contributed by atoms with Crippen molar-refractivity contribution in [2.45, 2.75) is 57.9 Å². The number of aryl methyl sites for hydroxylation is 1. The van der Waals surface area contributed by atoms with E-state index in [0.717, 1.165) is 65.0 Å². The maximum Gasteiger partial charge on any atom is 0.227 e. The van der Waals surface area contributed by atoms with Crippen molar-refractivity contribution in [3.8, 4) is 0 Å². The summed E-state index contributed by atoms with van der Waals surface area (Å²) < 4.78 is 1.84. The number of amides is 2. The van der Waals surface area contributed by atoms with E-state index in [-0.39, 0.29) is 23.2 Å². The van der Waals surface area contributed by atoms with Crippen LogP contribution in [-0.4, -0.2) is 64.1 Å². The molecule has 0 radical (unpaired) electrons. The van der Waals surface area contributed by atoms with Crippen molar-refractivity contribution in [2.75, 3.05) is 32.7 Å². The lowest BCUT2D eigenvalue weighted by molar-refractivity contribution is -0.137. The molecule has 2 aliphatic heterocycles. The highest BCUT2D eigenvalue weighted by Gasteiger charge is 2.53. The van der Waals surface area contributed by atoms with Crippen molar-refractivity contribution < 1.29 is 9.59 Å². The highest BCUT2D eigenvalue weighted by Crippen LogP contribution is 2.44. The molecule has 2 saturated carbocycles. The van der Waals surface area contributed by atoms with Crippen molar-refractivity contribution in [2.24, 2.45) is 30.2 Å². The van der Waals surface area contributed by atoms with Crippen LogP contribution in [0, 0.1) is 23.2 Å². The predicted molar refractivity (Wildman–Crippen MR) is 118 cm³/mol. The lowest BCUT2D eigenvalue weighted by Gasteiger charge is -2.33. The first kappa shape index (κ1) is 21.0. The van der Waals surface area contributed by atoms with E-state index < -0.39 is 0 Å². The van der Waals surface area contributed by atoms with Crippen LogP contribution in [0.3, 0.4) is 0 Å². The zero-order chi connectivity index (χ0) is 21.4. The Balaban J connectivity index is 1.33. The molecule has 0 spiro atoms. The van der Waals surface area contributed by atoms with E-state index in [1.807, 2.05) is 17.9 Å². The summed E-state index contributed by atoms with van der Waals surface area (Å²) in [6, 6.07) is 0. The topological polar surface area (TPSA) is 70.5 Å². The number of likely N-dealkylation sites (tertiary alicyclic amines) is 2. The van der Waals surface area contributed by atoms with Crippen LogP contribution in [0.25, 0.3) is 0 Å². The number of hydrogen-bond acceptors (Lipinski definition) is 4. The van der Waals surface area contributed by atoms with Gasteiger partial charge in [-0.1, -0.05) is 12.8 Å². The maximum absolute atomic E-state index is 13.6. The SMILES string of the molecule is Cn1cc(CN2C[C@@H]3CN(C(=O)C4CCCC4)CCC[C@]3(C(=O)NCC3CC3)C2)cn1. The zero-order valence-corrected chi connectivity index (χ0v) is 18.9. The summed E-state index contributed by atoms with van der Waals surface area (Å²) in [5, 5.41) is 7.62. The van der Waals surface area contributed by atoms with Crippen molar-refractivity contribution in [3.63, 3.8) is 0 Å². The van der Waals surface area contributed by atoms with E-state index in [1.165, 1.54) is 31.2 Å². The van der Waals surface area contributed by atoms with Crippen LogP contribution in [0.5, 0.6) is 0 Å². The number of nitrogens with one attached hydrogen (secondary N) is 1. The summed E-state index contributed by atoms with van der Waals surface area (Å²) >= 11 is 0. The minimum absolute atomic E-state index is 0.205. The first-order valence-corrected chi connectivity index (χ1v) is 12.3. The van der Waals surface area contributed by atoms with Crippen molar-refractivity contribution >= 4 is 11.8 Å². The summed E-state index contributed by atoms with van der Waals surface area (Å²) in [4.78, 5) is 31.3. The van der Waals surface area contributed by atoms with Gasteiger partial charge >= 0.3 is 0 Å². The van der Waals surface area contributed by atoms with E-state index >= 15 is 0 Å². The normalized spacial score (nSPS) is 29.7. The lowest BCUT2D eigenvalue weighted by Crippen LogP contribution is -2.49. The number of aromatic nitrogens is 2. The van der Waals surface area contributed by atoms with Gasteiger partial charge in [0.15, 0.2) is 0 Å². The van der Waals surface area contributed by atoms with Gasteiger partial charge in [0.25, 0.3) is 0 Å². The molecule has 2 atom stereocenters. The molecule has 2 amide bonds. The van der Waals surface area contributed by atoms with Gasteiger partial charge in [-0.25, -0.2) is 0 Å². The molecule has 0 aromatic carbocycles. The summed E-state index contributed by atoms with van der Waals surface area (Å²) in [5.74, 6) is 1.67. The number of carbonyl (C=O) groups excluding carboxylic acids is 2. The molecule has 4 fully saturated rings. The highest BCUT2D eigenvalue weighted by molar-refractivity contribution is 5.84. The number of fused-ring (bicyclic) bond motifs is 1. The summed E-state index contributed by atoms with van der Waals surface area (Å²) in [6.07, 6.45) is 12.7. The van der Waals surface area contributed by atoms with Crippen LogP contribution in [0.1, 0.15) is 56.9 Å². The fraction of sp³-hybridized carbons (Fsp3) is 0.792. The maximum atomic E-state index is 13.6. The molecule has 3 heterocycles. The Morgan fingerprint density at radius 2 is 1.97 bits per heavy atom. The Bertz CT molecular complexity index is 813. The molecule has 1 N–H and O–H groups in total. The Morgan fingerprint density at radius 3 is 2.68 bits per heavy atom. The second-order valence-corrected chi connectivity index (χ2v) is 10.6. The number of rotatable bonds is 6. The molecule has 4 aliphatic rings. The van der Waals surface area contributed by atoms with Crippen molar-refractivity contribution in [1.82, 2.24) is 24.9 Å². The molecule has 170 valence electrons. The molecule has 7 nitrogen and oxygen atoms in total. The Kier molecular flexibility index (Phi) is 5.80. The average molecular weight is 428 g/mol. The van der Waals surface area contributed by atoms with E-state index in [9.17, 15) is 9.59 Å². The van der Waals surface area contributed by atoms with Gasteiger partial charge in [-0.3, -0.25) is 19.2 Å². The van der Waals surface area contributed by atoms with Crippen LogP contribution in [0.4, 0.5) is 0 Å². The standard InChI is InChI=1S/C24H37N5O2/c1-27-13-19(12-26-27)14-28-15-21-16-29(22(30)20-5-2-3-6-20)10-4-9-24(21,17-28)23(31)25-11-18-7-8-18/h12-13,18,20-21H,2-11,14-17H2,1H3,(H,25,31)/t21-,24+/m1/s1. The summed E-state index contributed by atoms with van der Waals surface area (Å²) in [7, 11) is 1.94. The molecular formula is C24H37N5O2. The number of hydrogen-bond donors (Lipinski definition) is 1. The monoisotopic (exact) mass is 427 g/mol. The number of carbonyl (C=O) groups is 2. The number of nitrogens with zero attached hydrogens (tertiary/aromatic N) is 4. The van der Waals surface area contributed by atoms with E-state index in [1.54, 1.807) is 0 Å². The van der Waals surface area contributed by atoms with Crippen molar-refractivity contribution in [1.29, 1.82) is 0 Å². The summed E-state index contributed by atoms with van der Waals surface area (Å²) in [5.41, 5.74) is 0.813. The third-order valence-corrected chi connectivity index (χ3v) is 8.14. The molecule has 2 aliphatic carbocycles. The first-order valence-electron chi connectivity index (χ1n) is 12.3. The minimum Gasteiger partial charge on any atom is -0.355 e. The fourth-order valence-electron chi connectivity index (χ4n) is 6.21. The van der Waals surface area contributed by atoms with E-state index in [0.29, 0.717) is 11.8 Å². The first-order chi connectivity index (χ1) is 15.0. The minimum atomic E-state index is -0.373. The van der Waals surface area contributed by atoms with Gasteiger partial charge in [0.05, 0.1) is 11.6 Å². The molecule has 7 heteroatoms. The molecule has 0 unspecified atom stereocenters. The van der Waals surface area contributed by atoms with Gasteiger partial charge in [-0.15, -0.1) is 0 Å². The van der Waals surface area contributed by atoms with Crippen molar-refractivity contribution in [3.05, 3.63) is 18.0 Å². The van der Waals surface area contributed by atoms with E-state index in [2.05, 4.69) is 26.4 Å². The third kappa shape index (κ3) is 4.38. The molecular weight excluding hydrogens is 390 g/mol. The fourth-order valence-corrected chi connectivity index (χ4v) is 6.21. The molecule has 2 saturated heterocycles. The molecule has 31 heavy (non-hydrogen) atoms.